The second-order valence-electron chi connectivity index (χ2n) is 4.32. The first-order chi connectivity index (χ1) is 6.14. The van der Waals surface area contributed by atoms with Gasteiger partial charge in [-0.3, -0.25) is 0 Å². The molecule has 0 aliphatic carbocycles. The highest BCUT2D eigenvalue weighted by Gasteiger charge is 2.46. The maximum atomic E-state index is 6.07. The van der Waals surface area contributed by atoms with Crippen LogP contribution in [0.3, 0.4) is 0 Å². The molecule has 0 radical (unpaired) electrons. The number of morpholine rings is 1. The predicted molar refractivity (Wildman–Crippen MR) is 50.8 cm³/mol. The zero-order chi connectivity index (χ0) is 9.47. The molecule has 0 aromatic heterocycles. The summed E-state index contributed by atoms with van der Waals surface area (Å²) >= 11 is 0. The van der Waals surface area contributed by atoms with E-state index < -0.39 is 0 Å². The summed E-state index contributed by atoms with van der Waals surface area (Å²) in [7, 11) is 0. The smallest absolute Gasteiger partial charge is 0.109 e. The molecule has 2 heterocycles. The average Bonchev–Trinajstić information content (AvgIpc) is 2.42. The van der Waals surface area contributed by atoms with Crippen LogP contribution in [0.5, 0.6) is 0 Å². The maximum Gasteiger partial charge on any atom is 0.109 e. The summed E-state index contributed by atoms with van der Waals surface area (Å²) in [5.74, 6) is 0. The molecule has 1 spiro atoms. The summed E-state index contributed by atoms with van der Waals surface area (Å²) in [5, 5.41) is 3.49. The van der Waals surface area contributed by atoms with Crippen molar-refractivity contribution >= 4 is 0 Å². The lowest BCUT2D eigenvalue weighted by molar-refractivity contribution is -0.148. The fraction of sp³-hybridized carbons (Fsp3) is 1.00. The first-order valence-electron chi connectivity index (χ1n) is 5.17. The lowest BCUT2D eigenvalue weighted by Gasteiger charge is -2.43. The van der Waals surface area contributed by atoms with Gasteiger partial charge in [0.05, 0.1) is 12.2 Å². The fourth-order valence-electron chi connectivity index (χ4n) is 2.16. The summed E-state index contributed by atoms with van der Waals surface area (Å²) in [6.45, 7) is 8.17. The van der Waals surface area contributed by atoms with Gasteiger partial charge in [0.25, 0.3) is 0 Å². The van der Waals surface area contributed by atoms with Gasteiger partial charge in [0.15, 0.2) is 0 Å². The highest BCUT2D eigenvalue weighted by molar-refractivity contribution is 4.98. The molecule has 3 heteroatoms. The Morgan fingerprint density at radius 3 is 2.62 bits per heavy atom. The van der Waals surface area contributed by atoms with E-state index in [4.69, 9.17) is 9.47 Å². The van der Waals surface area contributed by atoms with Crippen LogP contribution in [0.15, 0.2) is 0 Å². The van der Waals surface area contributed by atoms with E-state index in [1.54, 1.807) is 0 Å². The minimum atomic E-state index is -0.0497. The second-order valence-corrected chi connectivity index (χ2v) is 4.32. The maximum absolute atomic E-state index is 6.07. The number of hydrogen-bond acceptors (Lipinski definition) is 3. The van der Waals surface area contributed by atoms with Gasteiger partial charge in [0, 0.05) is 25.6 Å². The normalized spacial score (nSPS) is 51.5. The quantitative estimate of drug-likeness (QED) is 0.609. The zero-order valence-corrected chi connectivity index (χ0v) is 8.67. The van der Waals surface area contributed by atoms with Crippen LogP contribution in [-0.2, 0) is 9.47 Å². The molecule has 4 atom stereocenters. The molecule has 0 aromatic carbocycles. The van der Waals surface area contributed by atoms with Crippen molar-refractivity contribution < 1.29 is 9.47 Å². The van der Waals surface area contributed by atoms with Crippen LogP contribution in [0.1, 0.15) is 27.2 Å². The van der Waals surface area contributed by atoms with Crippen molar-refractivity contribution in [2.24, 2.45) is 0 Å². The third kappa shape index (κ3) is 1.49. The summed E-state index contributed by atoms with van der Waals surface area (Å²) in [6.07, 6.45) is 1.55. The molecular formula is C10H19NO2. The van der Waals surface area contributed by atoms with Gasteiger partial charge in [0.2, 0.25) is 0 Å². The van der Waals surface area contributed by atoms with Crippen LogP contribution in [0.25, 0.3) is 0 Å². The third-order valence-corrected chi connectivity index (χ3v) is 3.48. The lowest BCUT2D eigenvalue weighted by Crippen LogP contribution is -2.60. The fourth-order valence-corrected chi connectivity index (χ4v) is 2.16. The van der Waals surface area contributed by atoms with Crippen molar-refractivity contribution in [1.29, 1.82) is 0 Å². The molecule has 2 saturated heterocycles. The van der Waals surface area contributed by atoms with Crippen LogP contribution in [-0.4, -0.2) is 37.0 Å². The van der Waals surface area contributed by atoms with Crippen molar-refractivity contribution in [3.05, 3.63) is 0 Å². The first kappa shape index (κ1) is 9.44. The topological polar surface area (TPSA) is 30.5 Å². The van der Waals surface area contributed by atoms with Gasteiger partial charge < -0.3 is 14.8 Å². The molecule has 0 amide bonds. The Labute approximate surface area is 79.8 Å². The molecule has 2 rings (SSSR count). The van der Waals surface area contributed by atoms with Gasteiger partial charge in [-0.05, 0) is 20.8 Å². The van der Waals surface area contributed by atoms with Gasteiger partial charge in [-0.2, -0.15) is 0 Å². The Kier molecular flexibility index (Phi) is 2.34. The van der Waals surface area contributed by atoms with Crippen molar-refractivity contribution in [1.82, 2.24) is 5.32 Å². The molecule has 2 aliphatic heterocycles. The molecule has 4 unspecified atom stereocenters. The monoisotopic (exact) mass is 185 g/mol. The Bertz CT molecular complexity index is 197. The van der Waals surface area contributed by atoms with Crippen molar-refractivity contribution in [3.8, 4) is 0 Å². The minimum Gasteiger partial charge on any atom is -0.375 e. The molecule has 76 valence electrons. The third-order valence-electron chi connectivity index (χ3n) is 3.48. The second kappa shape index (κ2) is 3.23. The SMILES string of the molecule is CC1NCC2(CCOC2C)OC1C. The summed E-state index contributed by atoms with van der Waals surface area (Å²) < 4.78 is 11.6. The van der Waals surface area contributed by atoms with Crippen LogP contribution < -0.4 is 5.32 Å². The zero-order valence-electron chi connectivity index (χ0n) is 8.67. The highest BCUT2D eigenvalue weighted by Crippen LogP contribution is 2.33. The molecule has 3 nitrogen and oxygen atoms in total. The van der Waals surface area contributed by atoms with Crippen LogP contribution in [0.4, 0.5) is 0 Å². The first-order valence-corrected chi connectivity index (χ1v) is 5.17. The Hall–Kier alpha value is -0.120. The van der Waals surface area contributed by atoms with Gasteiger partial charge in [-0.25, -0.2) is 0 Å². The van der Waals surface area contributed by atoms with E-state index in [1.807, 2.05) is 0 Å². The molecule has 0 saturated carbocycles. The van der Waals surface area contributed by atoms with E-state index in [-0.39, 0.29) is 17.8 Å². The van der Waals surface area contributed by atoms with E-state index in [0.29, 0.717) is 6.04 Å². The van der Waals surface area contributed by atoms with Crippen LogP contribution in [0.2, 0.25) is 0 Å². The summed E-state index contributed by atoms with van der Waals surface area (Å²) in [5.41, 5.74) is -0.0497. The molecule has 1 N–H and O–H groups in total. The Balaban J connectivity index is 2.08. The molecule has 13 heavy (non-hydrogen) atoms. The number of hydrogen-bond donors (Lipinski definition) is 1. The predicted octanol–water partition coefficient (Wildman–Crippen LogP) is 0.931. The molecule has 2 fully saturated rings. The minimum absolute atomic E-state index is 0.0497. The van der Waals surface area contributed by atoms with E-state index >= 15 is 0 Å². The van der Waals surface area contributed by atoms with Gasteiger partial charge in [0.1, 0.15) is 5.60 Å². The lowest BCUT2D eigenvalue weighted by atomic mass is 9.93. The van der Waals surface area contributed by atoms with E-state index in [1.165, 1.54) is 0 Å². The number of ether oxygens (including phenoxy) is 2. The van der Waals surface area contributed by atoms with Crippen molar-refractivity contribution in [2.75, 3.05) is 13.2 Å². The molecule has 2 aliphatic rings. The largest absolute Gasteiger partial charge is 0.375 e. The number of nitrogens with one attached hydrogen (secondary N) is 1. The van der Waals surface area contributed by atoms with Crippen LogP contribution in [0, 0.1) is 0 Å². The Morgan fingerprint density at radius 1 is 1.31 bits per heavy atom. The van der Waals surface area contributed by atoms with E-state index in [2.05, 4.69) is 26.1 Å². The van der Waals surface area contributed by atoms with Crippen molar-refractivity contribution in [2.45, 2.75) is 51.0 Å². The van der Waals surface area contributed by atoms with Gasteiger partial charge >= 0.3 is 0 Å². The average molecular weight is 185 g/mol. The number of rotatable bonds is 0. The molecule has 0 aromatic rings. The summed E-state index contributed by atoms with van der Waals surface area (Å²) in [4.78, 5) is 0. The van der Waals surface area contributed by atoms with E-state index in [9.17, 15) is 0 Å². The highest BCUT2D eigenvalue weighted by atomic mass is 16.6. The van der Waals surface area contributed by atoms with E-state index in [0.717, 1.165) is 19.6 Å². The summed E-state index contributed by atoms with van der Waals surface area (Å²) in [6, 6.07) is 0.457. The standard InChI is InChI=1S/C10H19NO2/c1-7-8(2)13-10(6-11-7)4-5-12-9(10)3/h7-9,11H,4-6H2,1-3H3. The van der Waals surface area contributed by atoms with Gasteiger partial charge in [-0.1, -0.05) is 0 Å². The van der Waals surface area contributed by atoms with Crippen LogP contribution >= 0.6 is 0 Å². The molecule has 0 bridgehead atoms. The van der Waals surface area contributed by atoms with Crippen molar-refractivity contribution in [3.63, 3.8) is 0 Å². The van der Waals surface area contributed by atoms with Gasteiger partial charge in [-0.15, -0.1) is 0 Å². The molecular weight excluding hydrogens is 166 g/mol. The Morgan fingerprint density at radius 2 is 2.08 bits per heavy atom.